The van der Waals surface area contributed by atoms with Crippen molar-refractivity contribution in [2.24, 2.45) is 11.1 Å². The first kappa shape index (κ1) is 27.0. The van der Waals surface area contributed by atoms with Crippen LogP contribution in [0.2, 0.25) is 0 Å². The van der Waals surface area contributed by atoms with Gasteiger partial charge in [-0.1, -0.05) is 49.7 Å². The number of hydrogen-bond acceptors (Lipinski definition) is 7. The Hall–Kier alpha value is -4.07. The van der Waals surface area contributed by atoms with Gasteiger partial charge in [0, 0.05) is 29.7 Å². The molecule has 0 bridgehead atoms. The van der Waals surface area contributed by atoms with Crippen LogP contribution in [-0.4, -0.2) is 30.9 Å². The van der Waals surface area contributed by atoms with Crippen LogP contribution < -0.4 is 15.8 Å². The van der Waals surface area contributed by atoms with Crippen molar-refractivity contribution in [3.63, 3.8) is 0 Å². The molecule has 1 heterocycles. The minimum atomic E-state index is -0.847. The lowest BCUT2D eigenvalue weighted by atomic mass is 9.70. The summed E-state index contributed by atoms with van der Waals surface area (Å²) in [7, 11) is 0. The van der Waals surface area contributed by atoms with Gasteiger partial charge in [-0.05, 0) is 43.9 Å². The minimum absolute atomic E-state index is 0.0504. The fourth-order valence-electron chi connectivity index (χ4n) is 5.04. The third kappa shape index (κ3) is 5.59. The van der Waals surface area contributed by atoms with E-state index in [2.05, 4.69) is 5.32 Å². The average Bonchev–Trinajstić information content (AvgIpc) is 2.83. The third-order valence-corrected chi connectivity index (χ3v) is 6.70. The number of benzene rings is 2. The van der Waals surface area contributed by atoms with Crippen LogP contribution in [0.3, 0.4) is 0 Å². The van der Waals surface area contributed by atoms with E-state index >= 15 is 0 Å². The van der Waals surface area contributed by atoms with Crippen LogP contribution in [0.4, 0.5) is 5.69 Å². The zero-order chi connectivity index (χ0) is 27.6. The summed E-state index contributed by atoms with van der Waals surface area (Å²) < 4.78 is 17.1. The second-order valence-electron chi connectivity index (χ2n) is 10.5. The van der Waals surface area contributed by atoms with E-state index in [1.165, 1.54) is 0 Å². The van der Waals surface area contributed by atoms with Crippen LogP contribution in [0, 0.1) is 19.3 Å². The Balaban J connectivity index is 1.68. The number of carbonyl (C=O) groups excluding carboxylic acids is 3. The molecule has 0 saturated carbocycles. The number of nitrogens with two attached hydrogens (primary N) is 1. The van der Waals surface area contributed by atoms with Crippen LogP contribution in [0.1, 0.15) is 56.2 Å². The maximum absolute atomic E-state index is 13.4. The highest BCUT2D eigenvalue weighted by Gasteiger charge is 2.45. The molecule has 1 aliphatic carbocycles. The van der Waals surface area contributed by atoms with Gasteiger partial charge >= 0.3 is 5.97 Å². The van der Waals surface area contributed by atoms with Gasteiger partial charge in [0.2, 0.25) is 5.88 Å². The second-order valence-corrected chi connectivity index (χ2v) is 10.5. The lowest BCUT2D eigenvalue weighted by Crippen LogP contribution is -2.36. The lowest BCUT2D eigenvalue weighted by Gasteiger charge is -2.38. The number of aryl methyl sites for hydroxylation is 2. The van der Waals surface area contributed by atoms with Gasteiger partial charge in [0.25, 0.3) is 5.91 Å². The molecule has 1 aliphatic heterocycles. The fourth-order valence-corrected chi connectivity index (χ4v) is 5.04. The predicted octanol–water partition coefficient (Wildman–Crippen LogP) is 4.81. The van der Waals surface area contributed by atoms with E-state index in [-0.39, 0.29) is 41.8 Å². The van der Waals surface area contributed by atoms with Crippen LogP contribution in [-0.2, 0) is 23.9 Å². The van der Waals surface area contributed by atoms with Crippen LogP contribution >= 0.6 is 0 Å². The predicted molar refractivity (Wildman–Crippen MR) is 143 cm³/mol. The molecule has 0 spiro atoms. The van der Waals surface area contributed by atoms with E-state index in [9.17, 15) is 14.4 Å². The van der Waals surface area contributed by atoms with Crippen molar-refractivity contribution < 1.29 is 28.6 Å². The zero-order valence-electron chi connectivity index (χ0n) is 22.5. The number of anilines is 1. The van der Waals surface area contributed by atoms with Crippen molar-refractivity contribution in [3.05, 3.63) is 81.9 Å². The Kier molecular flexibility index (Phi) is 7.62. The first-order valence-electron chi connectivity index (χ1n) is 12.7. The van der Waals surface area contributed by atoms with Crippen molar-refractivity contribution in [1.29, 1.82) is 0 Å². The van der Waals surface area contributed by atoms with E-state index in [0.717, 1.165) is 11.1 Å². The van der Waals surface area contributed by atoms with E-state index < -0.39 is 11.9 Å². The van der Waals surface area contributed by atoms with Gasteiger partial charge in [-0.2, -0.15) is 0 Å². The number of para-hydroxylation sites is 1. The summed E-state index contributed by atoms with van der Waals surface area (Å²) in [5.74, 6) is -1.27. The molecule has 8 heteroatoms. The summed E-state index contributed by atoms with van der Waals surface area (Å²) in [4.78, 5) is 39.2. The molecule has 8 nitrogen and oxygen atoms in total. The zero-order valence-corrected chi connectivity index (χ0v) is 22.5. The number of Topliss-reactive ketones (excluding diaryl/α,β-unsaturated/α-hetero) is 1. The van der Waals surface area contributed by atoms with Crippen molar-refractivity contribution in [1.82, 2.24) is 0 Å². The molecule has 3 N–H and O–H groups in total. The molecule has 0 fully saturated rings. The molecular formula is C30H34N2O6. The summed E-state index contributed by atoms with van der Waals surface area (Å²) in [6, 6.07) is 12.8. The molecule has 200 valence electrons. The van der Waals surface area contributed by atoms with Gasteiger partial charge < -0.3 is 25.3 Å². The smallest absolute Gasteiger partial charge is 0.340 e. The van der Waals surface area contributed by atoms with Crippen LogP contribution in [0.15, 0.2) is 65.3 Å². The van der Waals surface area contributed by atoms with Crippen molar-refractivity contribution in [3.8, 4) is 5.75 Å². The Morgan fingerprint density at radius 3 is 2.58 bits per heavy atom. The summed E-state index contributed by atoms with van der Waals surface area (Å²) in [5.41, 5.74) is 9.65. The van der Waals surface area contributed by atoms with E-state index in [1.807, 2.05) is 45.9 Å². The Morgan fingerprint density at radius 2 is 1.87 bits per heavy atom. The molecule has 2 aliphatic rings. The largest absolute Gasteiger partial charge is 0.483 e. The fraction of sp³-hybridized carbons (Fsp3) is 0.367. The number of hydrogen-bond donors (Lipinski definition) is 2. The molecule has 38 heavy (non-hydrogen) atoms. The molecule has 1 unspecified atom stereocenters. The number of amides is 1. The maximum Gasteiger partial charge on any atom is 0.340 e. The van der Waals surface area contributed by atoms with E-state index in [1.54, 1.807) is 31.2 Å². The number of carbonyl (C=O) groups is 3. The monoisotopic (exact) mass is 518 g/mol. The van der Waals surface area contributed by atoms with E-state index in [4.69, 9.17) is 19.9 Å². The van der Waals surface area contributed by atoms with Crippen molar-refractivity contribution in [2.75, 3.05) is 18.5 Å². The molecule has 2 aromatic carbocycles. The number of nitrogens with one attached hydrogen (secondary N) is 1. The summed E-state index contributed by atoms with van der Waals surface area (Å²) in [6.07, 6.45) is 0.783. The van der Waals surface area contributed by atoms with Gasteiger partial charge in [-0.25, -0.2) is 4.79 Å². The lowest BCUT2D eigenvalue weighted by molar-refractivity contribution is -0.139. The van der Waals surface area contributed by atoms with Gasteiger partial charge in [-0.15, -0.1) is 0 Å². The highest BCUT2D eigenvalue weighted by atomic mass is 16.5. The molecule has 1 amide bonds. The molecular weight excluding hydrogens is 484 g/mol. The Morgan fingerprint density at radius 1 is 1.13 bits per heavy atom. The maximum atomic E-state index is 13.4. The normalized spacial score (nSPS) is 18.4. The molecule has 0 radical (unpaired) electrons. The SMILES string of the molecule is CCOC(=O)C1=C(N)OC2=C(C(=O)CC(C)(C)C2)C1c1ccccc1OCC(=O)Nc1ccc(C)cc1C. The van der Waals surface area contributed by atoms with Gasteiger partial charge in [0.1, 0.15) is 17.1 Å². The number of allylic oxidation sites excluding steroid dienone is 2. The first-order valence-corrected chi connectivity index (χ1v) is 12.7. The molecule has 2 aromatic rings. The minimum Gasteiger partial charge on any atom is -0.483 e. The highest BCUT2D eigenvalue weighted by molar-refractivity contribution is 6.04. The number of esters is 1. The van der Waals surface area contributed by atoms with Crippen molar-refractivity contribution in [2.45, 2.75) is 53.4 Å². The molecule has 0 saturated heterocycles. The highest BCUT2D eigenvalue weighted by Crippen LogP contribution is 2.49. The second kappa shape index (κ2) is 10.7. The summed E-state index contributed by atoms with van der Waals surface area (Å²) in [6.45, 7) is 9.43. The van der Waals surface area contributed by atoms with E-state index in [0.29, 0.717) is 41.2 Å². The summed E-state index contributed by atoms with van der Waals surface area (Å²) in [5, 5.41) is 2.87. The Labute approximate surface area is 222 Å². The topological polar surface area (TPSA) is 117 Å². The number of ketones is 1. The number of rotatable bonds is 7. The van der Waals surface area contributed by atoms with Gasteiger partial charge in [0.15, 0.2) is 12.4 Å². The third-order valence-electron chi connectivity index (χ3n) is 6.70. The quantitative estimate of drug-likeness (QED) is 0.505. The van der Waals surface area contributed by atoms with Crippen LogP contribution in [0.5, 0.6) is 5.75 Å². The first-order chi connectivity index (χ1) is 18.0. The number of ether oxygens (including phenoxy) is 3. The average molecular weight is 519 g/mol. The Bertz CT molecular complexity index is 1350. The standard InChI is InChI=1S/C30H34N2O6/c1-6-36-29(35)27-25(26-21(33)14-30(4,5)15-23(26)38-28(27)31)19-9-7-8-10-22(19)37-16-24(34)32-20-12-11-17(2)13-18(20)3/h7-13,25H,6,14-16,31H2,1-5H3,(H,32,34). The molecule has 4 rings (SSSR count). The molecule has 0 aromatic heterocycles. The van der Waals surface area contributed by atoms with Gasteiger partial charge in [-0.3, -0.25) is 9.59 Å². The molecule has 1 atom stereocenters. The summed E-state index contributed by atoms with van der Waals surface area (Å²) >= 11 is 0. The van der Waals surface area contributed by atoms with Gasteiger partial charge in [0.05, 0.1) is 12.5 Å². The van der Waals surface area contributed by atoms with Crippen molar-refractivity contribution >= 4 is 23.3 Å². The van der Waals surface area contributed by atoms with Crippen LogP contribution in [0.25, 0.3) is 0 Å².